The molecule has 0 aliphatic heterocycles. The minimum Gasteiger partial charge on any atom is -0.312 e. The van der Waals surface area contributed by atoms with E-state index >= 15 is 0 Å². The first kappa shape index (κ1) is 12.8. The largest absolute Gasteiger partial charge is 0.312 e. The molecule has 3 aliphatic rings. The minimum absolute atomic E-state index is 0.527. The maximum absolute atomic E-state index is 3.63. The van der Waals surface area contributed by atoms with E-state index < -0.39 is 0 Å². The quantitative estimate of drug-likeness (QED) is 0.884. The van der Waals surface area contributed by atoms with Crippen LogP contribution in [0.1, 0.15) is 49.3 Å². The Balaban J connectivity index is 1.60. The maximum Gasteiger partial charge on any atom is 0.0478 e. The summed E-state index contributed by atoms with van der Waals surface area (Å²) >= 11 is 0. The fourth-order valence-electron chi connectivity index (χ4n) is 4.01. The van der Waals surface area contributed by atoms with Gasteiger partial charge in [-0.25, -0.2) is 0 Å². The zero-order valence-corrected chi connectivity index (χ0v) is 12.5. The van der Waals surface area contributed by atoms with Gasteiger partial charge in [-0.05, 0) is 62.6 Å². The molecular weight excluding hydrogens is 244 g/mol. The molecule has 2 atom stereocenters. The fraction of sp³-hybridized carbons (Fsp3) is 0.667. The molecule has 1 N–H and O–H groups in total. The third-order valence-electron chi connectivity index (χ3n) is 5.40. The van der Waals surface area contributed by atoms with Gasteiger partial charge in [0, 0.05) is 24.7 Å². The Hall–Kier alpha value is -0.860. The molecule has 2 fully saturated rings. The van der Waals surface area contributed by atoms with Crippen LogP contribution < -0.4 is 5.32 Å². The van der Waals surface area contributed by atoms with Gasteiger partial charge >= 0.3 is 0 Å². The number of fused-ring (bicyclic) bond motifs is 1. The zero-order valence-electron chi connectivity index (χ0n) is 12.5. The van der Waals surface area contributed by atoms with E-state index in [9.17, 15) is 0 Å². The number of benzene rings is 1. The smallest absolute Gasteiger partial charge is 0.0478 e. The molecule has 4 rings (SSSR count). The molecule has 2 heteroatoms. The van der Waals surface area contributed by atoms with Crippen molar-refractivity contribution in [3.63, 3.8) is 0 Å². The van der Waals surface area contributed by atoms with Crippen LogP contribution in [0.15, 0.2) is 24.3 Å². The Morgan fingerprint density at radius 3 is 2.60 bits per heavy atom. The summed E-state index contributed by atoms with van der Waals surface area (Å²) in [7, 11) is 2.14. The van der Waals surface area contributed by atoms with Crippen molar-refractivity contribution in [1.29, 1.82) is 0 Å². The van der Waals surface area contributed by atoms with Gasteiger partial charge < -0.3 is 5.32 Å². The lowest BCUT2D eigenvalue weighted by molar-refractivity contribution is 0.128. The van der Waals surface area contributed by atoms with Crippen LogP contribution in [0.5, 0.6) is 0 Å². The summed E-state index contributed by atoms with van der Waals surface area (Å²) in [5.41, 5.74) is 3.11. The van der Waals surface area contributed by atoms with E-state index in [1.807, 2.05) is 0 Å². The van der Waals surface area contributed by atoms with Crippen LogP contribution in [-0.2, 0) is 6.42 Å². The van der Waals surface area contributed by atoms with Crippen molar-refractivity contribution in [3.8, 4) is 0 Å². The van der Waals surface area contributed by atoms with Crippen molar-refractivity contribution in [2.24, 2.45) is 5.92 Å². The van der Waals surface area contributed by atoms with Crippen LogP contribution in [0, 0.1) is 5.92 Å². The molecule has 0 bridgehead atoms. The molecule has 0 amide bonds. The molecule has 0 saturated heterocycles. The molecule has 1 aromatic rings. The van der Waals surface area contributed by atoms with Gasteiger partial charge in [0.25, 0.3) is 0 Å². The van der Waals surface area contributed by atoms with Gasteiger partial charge in [0.1, 0.15) is 0 Å². The van der Waals surface area contributed by atoms with Gasteiger partial charge in [-0.1, -0.05) is 24.3 Å². The highest BCUT2D eigenvalue weighted by Gasteiger charge is 2.41. The standard InChI is InChI=1S/C18H26N2/c1-19-18-16-5-3-2-4-14(16)8-11-17(18)20(15-9-10-15)12-13-6-7-13/h2-5,13,15,17-19H,6-12H2,1H3. The Morgan fingerprint density at radius 2 is 1.90 bits per heavy atom. The molecule has 0 heterocycles. The van der Waals surface area contributed by atoms with Crippen LogP contribution in [0.4, 0.5) is 0 Å². The highest BCUT2D eigenvalue weighted by atomic mass is 15.2. The van der Waals surface area contributed by atoms with E-state index in [0.717, 1.165) is 12.0 Å². The molecule has 2 nitrogen and oxygen atoms in total. The molecule has 0 spiro atoms. The average molecular weight is 270 g/mol. The lowest BCUT2D eigenvalue weighted by atomic mass is 9.83. The second kappa shape index (κ2) is 5.16. The van der Waals surface area contributed by atoms with E-state index in [-0.39, 0.29) is 0 Å². The average Bonchev–Trinajstić information content (AvgIpc) is 3.37. The van der Waals surface area contributed by atoms with E-state index in [1.54, 1.807) is 11.1 Å². The van der Waals surface area contributed by atoms with Crippen molar-refractivity contribution in [2.45, 2.75) is 56.7 Å². The van der Waals surface area contributed by atoms with E-state index in [4.69, 9.17) is 0 Å². The number of hydrogen-bond donors (Lipinski definition) is 1. The monoisotopic (exact) mass is 270 g/mol. The number of rotatable bonds is 5. The lowest BCUT2D eigenvalue weighted by Crippen LogP contribution is -2.48. The Labute approximate surface area is 122 Å². The van der Waals surface area contributed by atoms with Crippen molar-refractivity contribution < 1.29 is 0 Å². The van der Waals surface area contributed by atoms with Gasteiger partial charge in [-0.2, -0.15) is 0 Å². The van der Waals surface area contributed by atoms with Gasteiger partial charge in [0.15, 0.2) is 0 Å². The summed E-state index contributed by atoms with van der Waals surface area (Å²) in [6, 6.07) is 11.2. The third-order valence-corrected chi connectivity index (χ3v) is 5.40. The normalized spacial score (nSPS) is 29.5. The molecule has 0 radical (unpaired) electrons. The highest BCUT2D eigenvalue weighted by Crippen LogP contribution is 2.41. The van der Waals surface area contributed by atoms with Crippen molar-refractivity contribution in [3.05, 3.63) is 35.4 Å². The number of nitrogens with zero attached hydrogens (tertiary/aromatic N) is 1. The molecule has 2 saturated carbocycles. The first-order valence-corrected chi connectivity index (χ1v) is 8.37. The molecule has 2 unspecified atom stereocenters. The van der Waals surface area contributed by atoms with Crippen LogP contribution in [-0.4, -0.2) is 30.6 Å². The predicted molar refractivity (Wildman–Crippen MR) is 82.8 cm³/mol. The molecule has 108 valence electrons. The van der Waals surface area contributed by atoms with Gasteiger partial charge in [0.05, 0.1) is 0 Å². The molecular formula is C18H26N2. The maximum atomic E-state index is 3.63. The first-order valence-electron chi connectivity index (χ1n) is 8.37. The van der Waals surface area contributed by atoms with Crippen molar-refractivity contribution in [2.75, 3.05) is 13.6 Å². The van der Waals surface area contributed by atoms with Crippen molar-refractivity contribution in [1.82, 2.24) is 10.2 Å². The SMILES string of the molecule is CNC1c2ccccc2CCC1N(CC1CC1)C1CC1. The topological polar surface area (TPSA) is 15.3 Å². The Bertz CT molecular complexity index is 476. The first-order chi connectivity index (χ1) is 9.86. The summed E-state index contributed by atoms with van der Waals surface area (Å²) in [5, 5.41) is 3.63. The van der Waals surface area contributed by atoms with Crippen LogP contribution in [0.2, 0.25) is 0 Å². The highest BCUT2D eigenvalue weighted by molar-refractivity contribution is 5.34. The fourth-order valence-corrected chi connectivity index (χ4v) is 4.01. The van der Waals surface area contributed by atoms with Gasteiger partial charge in [-0.3, -0.25) is 4.90 Å². The number of nitrogens with one attached hydrogen (secondary N) is 1. The van der Waals surface area contributed by atoms with Crippen LogP contribution in [0.25, 0.3) is 0 Å². The summed E-state index contributed by atoms with van der Waals surface area (Å²) in [6.07, 6.45) is 8.38. The van der Waals surface area contributed by atoms with E-state index in [2.05, 4.69) is 41.5 Å². The molecule has 0 aromatic heterocycles. The van der Waals surface area contributed by atoms with E-state index in [1.165, 1.54) is 45.1 Å². The van der Waals surface area contributed by atoms with Gasteiger partial charge in [-0.15, -0.1) is 0 Å². The van der Waals surface area contributed by atoms with Gasteiger partial charge in [0.2, 0.25) is 0 Å². The third kappa shape index (κ3) is 2.40. The zero-order chi connectivity index (χ0) is 13.5. The van der Waals surface area contributed by atoms with Crippen molar-refractivity contribution >= 4 is 0 Å². The number of aryl methyl sites for hydroxylation is 1. The second-order valence-corrected chi connectivity index (χ2v) is 6.94. The summed E-state index contributed by atoms with van der Waals surface area (Å²) < 4.78 is 0. The predicted octanol–water partition coefficient (Wildman–Crippen LogP) is 3.14. The summed E-state index contributed by atoms with van der Waals surface area (Å²) in [6.45, 7) is 1.36. The second-order valence-electron chi connectivity index (χ2n) is 6.94. The number of hydrogen-bond acceptors (Lipinski definition) is 2. The summed E-state index contributed by atoms with van der Waals surface area (Å²) in [5.74, 6) is 1.00. The molecule has 20 heavy (non-hydrogen) atoms. The van der Waals surface area contributed by atoms with Crippen LogP contribution >= 0.6 is 0 Å². The number of likely N-dealkylation sites (N-methyl/N-ethyl adjacent to an activating group) is 1. The Morgan fingerprint density at radius 1 is 1.10 bits per heavy atom. The minimum atomic E-state index is 0.527. The molecule has 1 aromatic carbocycles. The van der Waals surface area contributed by atoms with E-state index in [0.29, 0.717) is 12.1 Å². The molecule has 3 aliphatic carbocycles. The van der Waals surface area contributed by atoms with Crippen LogP contribution in [0.3, 0.4) is 0 Å². The Kier molecular flexibility index (Phi) is 3.31. The lowest BCUT2D eigenvalue weighted by Gasteiger charge is -2.41. The summed E-state index contributed by atoms with van der Waals surface area (Å²) in [4.78, 5) is 2.87.